The zero-order chi connectivity index (χ0) is 12.9. The number of nitrogens with one attached hydrogen (secondary N) is 2. The molecule has 102 valence electrons. The topological polar surface area (TPSA) is 33.3 Å². The van der Waals surface area contributed by atoms with E-state index in [0.717, 1.165) is 37.7 Å². The molecule has 0 aliphatic rings. The molecule has 0 spiro atoms. The quantitative estimate of drug-likeness (QED) is 0.474. The second-order valence-corrected chi connectivity index (χ2v) is 5.64. The van der Waals surface area contributed by atoms with Crippen LogP contribution in [0.1, 0.15) is 33.6 Å². The summed E-state index contributed by atoms with van der Waals surface area (Å²) in [6.07, 6.45) is 2.15. The van der Waals surface area contributed by atoms with Gasteiger partial charge >= 0.3 is 0 Å². The van der Waals surface area contributed by atoms with Crippen LogP contribution in [0.4, 0.5) is 0 Å². The van der Waals surface area contributed by atoms with Crippen LogP contribution in [0, 0.1) is 0 Å². The van der Waals surface area contributed by atoms with Gasteiger partial charge in [-0.25, -0.2) is 0 Å². The standard InChI is InChI=1S/C12H26N2OS2/c1-4-15-9-6-8-13-12(16)14-11(3)7-10-17-5-2/h11H,4-10H2,1-3H3,(H2,13,14,16). The molecule has 0 radical (unpaired) electrons. The van der Waals surface area contributed by atoms with Crippen LogP contribution in [-0.4, -0.2) is 42.4 Å². The zero-order valence-corrected chi connectivity index (χ0v) is 12.9. The van der Waals surface area contributed by atoms with Crippen LogP contribution in [0.3, 0.4) is 0 Å². The Morgan fingerprint density at radius 2 is 2.18 bits per heavy atom. The minimum Gasteiger partial charge on any atom is -0.382 e. The van der Waals surface area contributed by atoms with Gasteiger partial charge in [0.25, 0.3) is 0 Å². The number of ether oxygens (including phenoxy) is 1. The molecular weight excluding hydrogens is 252 g/mol. The van der Waals surface area contributed by atoms with Gasteiger partial charge < -0.3 is 15.4 Å². The maximum absolute atomic E-state index is 5.26. The molecule has 0 aliphatic carbocycles. The Labute approximate surface area is 115 Å². The highest BCUT2D eigenvalue weighted by Crippen LogP contribution is 2.03. The molecule has 0 saturated heterocycles. The molecule has 0 fully saturated rings. The molecule has 0 heterocycles. The van der Waals surface area contributed by atoms with E-state index in [1.807, 2.05) is 18.7 Å². The smallest absolute Gasteiger partial charge is 0.166 e. The fourth-order valence-corrected chi connectivity index (χ4v) is 2.38. The summed E-state index contributed by atoms with van der Waals surface area (Å²) in [4.78, 5) is 0. The summed E-state index contributed by atoms with van der Waals surface area (Å²) in [7, 11) is 0. The fraction of sp³-hybridized carbons (Fsp3) is 0.917. The Morgan fingerprint density at radius 1 is 1.41 bits per heavy atom. The first kappa shape index (κ1) is 17.0. The van der Waals surface area contributed by atoms with Gasteiger partial charge in [0.1, 0.15) is 0 Å². The average Bonchev–Trinajstić information content (AvgIpc) is 2.29. The van der Waals surface area contributed by atoms with Crippen molar-refractivity contribution in [2.75, 3.05) is 31.3 Å². The number of rotatable bonds is 10. The molecule has 0 saturated carbocycles. The van der Waals surface area contributed by atoms with E-state index in [-0.39, 0.29) is 0 Å². The molecule has 1 unspecified atom stereocenters. The predicted octanol–water partition coefficient (Wildman–Crippen LogP) is 2.41. The predicted molar refractivity (Wildman–Crippen MR) is 81.9 cm³/mol. The summed E-state index contributed by atoms with van der Waals surface area (Å²) in [6.45, 7) is 8.83. The van der Waals surface area contributed by atoms with Gasteiger partial charge in [0.05, 0.1) is 0 Å². The number of hydrogen-bond donors (Lipinski definition) is 2. The molecule has 17 heavy (non-hydrogen) atoms. The van der Waals surface area contributed by atoms with Crippen molar-refractivity contribution < 1.29 is 4.74 Å². The Morgan fingerprint density at radius 3 is 2.82 bits per heavy atom. The summed E-state index contributed by atoms with van der Waals surface area (Å²) >= 11 is 7.19. The molecule has 0 aromatic rings. The van der Waals surface area contributed by atoms with E-state index >= 15 is 0 Å². The van der Waals surface area contributed by atoms with Crippen LogP contribution in [0.2, 0.25) is 0 Å². The number of hydrogen-bond acceptors (Lipinski definition) is 3. The molecule has 0 aliphatic heterocycles. The van der Waals surface area contributed by atoms with Crippen molar-refractivity contribution >= 4 is 29.1 Å². The second-order valence-electron chi connectivity index (χ2n) is 3.84. The lowest BCUT2D eigenvalue weighted by Crippen LogP contribution is -2.41. The first-order chi connectivity index (χ1) is 8.20. The Hall–Kier alpha value is 0. The van der Waals surface area contributed by atoms with Crippen LogP contribution < -0.4 is 10.6 Å². The third kappa shape index (κ3) is 12.2. The third-order valence-electron chi connectivity index (χ3n) is 2.23. The maximum Gasteiger partial charge on any atom is 0.166 e. The fourth-order valence-electron chi connectivity index (χ4n) is 1.27. The van der Waals surface area contributed by atoms with Crippen LogP contribution >= 0.6 is 24.0 Å². The van der Waals surface area contributed by atoms with Gasteiger partial charge in [0.2, 0.25) is 0 Å². The van der Waals surface area contributed by atoms with Crippen molar-refractivity contribution in [3.63, 3.8) is 0 Å². The Kier molecular flexibility index (Phi) is 12.5. The van der Waals surface area contributed by atoms with Gasteiger partial charge in [0, 0.05) is 25.8 Å². The van der Waals surface area contributed by atoms with Gasteiger partial charge in [-0.3, -0.25) is 0 Å². The van der Waals surface area contributed by atoms with Crippen LogP contribution in [0.15, 0.2) is 0 Å². The normalized spacial score (nSPS) is 12.2. The van der Waals surface area contributed by atoms with E-state index in [4.69, 9.17) is 17.0 Å². The van der Waals surface area contributed by atoms with E-state index in [1.165, 1.54) is 11.5 Å². The van der Waals surface area contributed by atoms with E-state index in [9.17, 15) is 0 Å². The third-order valence-corrected chi connectivity index (χ3v) is 3.43. The lowest BCUT2D eigenvalue weighted by molar-refractivity contribution is 0.145. The molecule has 3 nitrogen and oxygen atoms in total. The molecular formula is C12H26N2OS2. The first-order valence-electron chi connectivity index (χ1n) is 6.40. The van der Waals surface area contributed by atoms with Crippen molar-refractivity contribution in [3.8, 4) is 0 Å². The summed E-state index contributed by atoms with van der Waals surface area (Å²) in [5.74, 6) is 2.38. The minimum absolute atomic E-state index is 0.445. The highest BCUT2D eigenvalue weighted by molar-refractivity contribution is 7.99. The number of thiocarbonyl (C=S) groups is 1. The first-order valence-corrected chi connectivity index (χ1v) is 7.96. The van der Waals surface area contributed by atoms with Crippen molar-refractivity contribution in [3.05, 3.63) is 0 Å². The van der Waals surface area contributed by atoms with Gasteiger partial charge in [-0.05, 0) is 50.4 Å². The van der Waals surface area contributed by atoms with Crippen molar-refractivity contribution in [2.24, 2.45) is 0 Å². The molecule has 0 aromatic carbocycles. The highest BCUT2D eigenvalue weighted by atomic mass is 32.2. The van der Waals surface area contributed by atoms with Crippen LogP contribution in [0.5, 0.6) is 0 Å². The summed E-state index contributed by atoms with van der Waals surface area (Å²) < 4.78 is 5.26. The molecule has 0 rings (SSSR count). The molecule has 0 amide bonds. The second kappa shape index (κ2) is 12.5. The van der Waals surface area contributed by atoms with E-state index in [2.05, 4.69) is 24.5 Å². The zero-order valence-electron chi connectivity index (χ0n) is 11.3. The molecule has 1 atom stereocenters. The molecule has 0 aromatic heterocycles. The lowest BCUT2D eigenvalue weighted by Gasteiger charge is -2.16. The Bertz CT molecular complexity index is 191. The van der Waals surface area contributed by atoms with E-state index in [1.54, 1.807) is 0 Å². The average molecular weight is 278 g/mol. The van der Waals surface area contributed by atoms with Crippen LogP contribution in [-0.2, 0) is 4.74 Å². The maximum atomic E-state index is 5.26. The monoisotopic (exact) mass is 278 g/mol. The lowest BCUT2D eigenvalue weighted by atomic mass is 10.3. The van der Waals surface area contributed by atoms with Crippen molar-refractivity contribution in [1.29, 1.82) is 0 Å². The van der Waals surface area contributed by atoms with Gasteiger partial charge in [-0.1, -0.05) is 6.92 Å². The number of thioether (sulfide) groups is 1. The van der Waals surface area contributed by atoms with Gasteiger partial charge in [-0.2, -0.15) is 11.8 Å². The SMILES string of the molecule is CCOCCCNC(=S)NC(C)CCSCC. The van der Waals surface area contributed by atoms with Crippen LogP contribution in [0.25, 0.3) is 0 Å². The van der Waals surface area contributed by atoms with Gasteiger partial charge in [0.15, 0.2) is 5.11 Å². The largest absolute Gasteiger partial charge is 0.382 e. The van der Waals surface area contributed by atoms with E-state index < -0.39 is 0 Å². The van der Waals surface area contributed by atoms with Crippen molar-refractivity contribution in [1.82, 2.24) is 10.6 Å². The molecule has 5 heteroatoms. The molecule has 2 N–H and O–H groups in total. The van der Waals surface area contributed by atoms with Gasteiger partial charge in [-0.15, -0.1) is 0 Å². The minimum atomic E-state index is 0.445. The Balaban J connectivity index is 3.37. The summed E-state index contributed by atoms with van der Waals surface area (Å²) in [6, 6.07) is 0.445. The van der Waals surface area contributed by atoms with E-state index in [0.29, 0.717) is 6.04 Å². The van der Waals surface area contributed by atoms with Crippen molar-refractivity contribution in [2.45, 2.75) is 39.7 Å². The molecule has 0 bridgehead atoms. The summed E-state index contributed by atoms with van der Waals surface area (Å²) in [5, 5.41) is 7.25. The summed E-state index contributed by atoms with van der Waals surface area (Å²) in [5.41, 5.74) is 0. The highest BCUT2D eigenvalue weighted by Gasteiger charge is 2.03.